The van der Waals surface area contributed by atoms with Gasteiger partial charge in [0.15, 0.2) is 0 Å². The van der Waals surface area contributed by atoms with Gasteiger partial charge in [-0.1, -0.05) is 12.1 Å². The van der Waals surface area contributed by atoms with E-state index in [0.29, 0.717) is 17.0 Å². The fraction of sp³-hybridized carbons (Fsp3) is 0.105. The Bertz CT molecular complexity index is 924. The molecule has 0 aromatic heterocycles. The molecule has 1 heterocycles. The summed E-state index contributed by atoms with van der Waals surface area (Å²) in [6.45, 7) is -0.381. The number of nitrogens with zero attached hydrogens (tertiary/aromatic N) is 1. The lowest BCUT2D eigenvalue weighted by molar-refractivity contribution is -0.127. The van der Waals surface area contributed by atoms with Crippen molar-refractivity contribution >= 4 is 40.6 Å². The fourth-order valence-corrected chi connectivity index (χ4v) is 3.26. The van der Waals surface area contributed by atoms with Crippen LogP contribution in [0.2, 0.25) is 0 Å². The highest BCUT2D eigenvalue weighted by Crippen LogP contribution is 2.32. The second-order valence-corrected chi connectivity index (χ2v) is 6.63. The molecule has 138 valence electrons. The van der Waals surface area contributed by atoms with Gasteiger partial charge in [0, 0.05) is 5.69 Å². The smallest absolute Gasteiger partial charge is 0.294 e. The number of benzene rings is 2. The van der Waals surface area contributed by atoms with Gasteiger partial charge in [0.2, 0.25) is 5.91 Å². The van der Waals surface area contributed by atoms with Gasteiger partial charge < -0.3 is 15.2 Å². The number of thioether (sulfide) groups is 1. The van der Waals surface area contributed by atoms with E-state index in [-0.39, 0.29) is 17.2 Å². The van der Waals surface area contributed by atoms with Crippen LogP contribution in [0.25, 0.3) is 6.08 Å². The quantitative estimate of drug-likeness (QED) is 0.769. The Morgan fingerprint density at radius 1 is 1.22 bits per heavy atom. The number of carbonyl (C=O) groups excluding carboxylic acids is 3. The number of aromatic hydroxyl groups is 1. The molecule has 0 radical (unpaired) electrons. The highest BCUT2D eigenvalue weighted by atomic mass is 32.2. The number of rotatable bonds is 5. The summed E-state index contributed by atoms with van der Waals surface area (Å²) in [6.07, 6.45) is 1.51. The third-order valence-electron chi connectivity index (χ3n) is 3.72. The Morgan fingerprint density at radius 2 is 1.96 bits per heavy atom. The minimum Gasteiger partial charge on any atom is -0.508 e. The zero-order valence-electron chi connectivity index (χ0n) is 14.3. The number of methoxy groups -OCH3 is 1. The van der Waals surface area contributed by atoms with Gasteiger partial charge in [0.05, 0.1) is 12.0 Å². The van der Waals surface area contributed by atoms with Crippen molar-refractivity contribution in [3.8, 4) is 11.5 Å². The summed E-state index contributed by atoms with van der Waals surface area (Å²) in [4.78, 5) is 37.8. The number of anilines is 1. The van der Waals surface area contributed by atoms with Gasteiger partial charge >= 0.3 is 0 Å². The van der Waals surface area contributed by atoms with Crippen LogP contribution in [0.15, 0.2) is 53.4 Å². The molecule has 0 spiro atoms. The maximum Gasteiger partial charge on any atom is 0.294 e. The minimum absolute atomic E-state index is 0.0573. The second-order valence-electron chi connectivity index (χ2n) is 5.64. The van der Waals surface area contributed by atoms with Crippen LogP contribution >= 0.6 is 11.8 Å². The van der Waals surface area contributed by atoms with Gasteiger partial charge in [0.1, 0.15) is 18.0 Å². The molecule has 8 heteroatoms. The molecule has 1 aliphatic rings. The molecule has 1 aliphatic heterocycles. The highest BCUT2D eigenvalue weighted by Gasteiger charge is 2.36. The fourth-order valence-electron chi connectivity index (χ4n) is 2.42. The zero-order chi connectivity index (χ0) is 19.4. The van der Waals surface area contributed by atoms with Crippen molar-refractivity contribution in [1.29, 1.82) is 0 Å². The topological polar surface area (TPSA) is 95.9 Å². The first-order valence-electron chi connectivity index (χ1n) is 7.94. The van der Waals surface area contributed by atoms with E-state index in [1.807, 2.05) is 0 Å². The van der Waals surface area contributed by atoms with E-state index < -0.39 is 17.1 Å². The Balaban J connectivity index is 1.67. The predicted molar refractivity (Wildman–Crippen MR) is 102 cm³/mol. The zero-order valence-corrected chi connectivity index (χ0v) is 15.2. The molecule has 0 saturated carbocycles. The van der Waals surface area contributed by atoms with Crippen molar-refractivity contribution in [3.05, 3.63) is 59.0 Å². The summed E-state index contributed by atoms with van der Waals surface area (Å²) >= 11 is 0.756. The monoisotopic (exact) mass is 384 g/mol. The molecule has 2 aromatic carbocycles. The van der Waals surface area contributed by atoms with Crippen molar-refractivity contribution < 1.29 is 24.2 Å². The van der Waals surface area contributed by atoms with Crippen LogP contribution in [0.1, 0.15) is 5.56 Å². The standard InChI is InChI=1S/C19H16N2O5S/c1-26-15-7-5-13(6-8-15)20-17(23)11-21-18(24)16(27-19(21)25)10-12-3-2-4-14(22)9-12/h2-10,22H,11H2,1H3,(H,20,23)/b16-10+. The molecular weight excluding hydrogens is 368 g/mol. The van der Waals surface area contributed by atoms with Crippen molar-refractivity contribution in [3.63, 3.8) is 0 Å². The minimum atomic E-state index is -0.543. The third-order valence-corrected chi connectivity index (χ3v) is 4.62. The highest BCUT2D eigenvalue weighted by molar-refractivity contribution is 8.18. The van der Waals surface area contributed by atoms with E-state index in [9.17, 15) is 19.5 Å². The average Bonchev–Trinajstić information content (AvgIpc) is 2.90. The average molecular weight is 384 g/mol. The van der Waals surface area contributed by atoms with Crippen molar-refractivity contribution in [1.82, 2.24) is 4.90 Å². The van der Waals surface area contributed by atoms with E-state index in [4.69, 9.17) is 4.74 Å². The maximum absolute atomic E-state index is 12.4. The number of imide groups is 1. The summed E-state index contributed by atoms with van der Waals surface area (Å²) in [6, 6.07) is 13.0. The molecule has 0 bridgehead atoms. The first kappa shape index (κ1) is 18.5. The first-order valence-corrected chi connectivity index (χ1v) is 8.76. The number of nitrogens with one attached hydrogen (secondary N) is 1. The lowest BCUT2D eigenvalue weighted by Crippen LogP contribution is -2.36. The molecule has 0 aliphatic carbocycles. The van der Waals surface area contributed by atoms with Crippen LogP contribution < -0.4 is 10.1 Å². The predicted octanol–water partition coefficient (Wildman–Crippen LogP) is 3.08. The molecule has 0 atom stereocenters. The van der Waals surface area contributed by atoms with E-state index in [1.165, 1.54) is 25.3 Å². The normalized spacial score (nSPS) is 15.3. The summed E-state index contributed by atoms with van der Waals surface area (Å²) < 4.78 is 5.04. The van der Waals surface area contributed by atoms with Gasteiger partial charge in [0.25, 0.3) is 11.1 Å². The summed E-state index contributed by atoms with van der Waals surface area (Å²) in [5, 5.41) is 11.6. The van der Waals surface area contributed by atoms with E-state index in [0.717, 1.165) is 16.7 Å². The Kier molecular flexibility index (Phi) is 5.46. The van der Waals surface area contributed by atoms with E-state index in [1.54, 1.807) is 36.4 Å². The van der Waals surface area contributed by atoms with Crippen LogP contribution in [-0.4, -0.2) is 40.7 Å². The van der Waals surface area contributed by atoms with Crippen molar-refractivity contribution in [2.75, 3.05) is 19.0 Å². The molecule has 3 amide bonds. The van der Waals surface area contributed by atoms with Crippen LogP contribution in [0, 0.1) is 0 Å². The van der Waals surface area contributed by atoms with Crippen molar-refractivity contribution in [2.45, 2.75) is 0 Å². The largest absolute Gasteiger partial charge is 0.508 e. The number of carbonyl (C=O) groups is 3. The Labute approximate surface area is 159 Å². The SMILES string of the molecule is COc1ccc(NC(=O)CN2C(=O)S/C(=C/c3cccc(O)c3)C2=O)cc1. The number of amides is 3. The van der Waals surface area contributed by atoms with Gasteiger partial charge in [-0.2, -0.15) is 0 Å². The molecular formula is C19H16N2O5S. The molecule has 2 aromatic rings. The van der Waals surface area contributed by atoms with E-state index >= 15 is 0 Å². The molecule has 27 heavy (non-hydrogen) atoms. The number of hydrogen-bond donors (Lipinski definition) is 2. The molecule has 1 fully saturated rings. The van der Waals surface area contributed by atoms with E-state index in [2.05, 4.69) is 5.32 Å². The van der Waals surface area contributed by atoms with Gasteiger partial charge in [-0.15, -0.1) is 0 Å². The van der Waals surface area contributed by atoms with Crippen LogP contribution in [0.5, 0.6) is 11.5 Å². The van der Waals surface area contributed by atoms with Gasteiger partial charge in [-0.25, -0.2) is 0 Å². The Hall–Kier alpha value is -3.26. The number of hydrogen-bond acceptors (Lipinski definition) is 6. The summed E-state index contributed by atoms with van der Waals surface area (Å²) in [5.41, 5.74) is 1.12. The lowest BCUT2D eigenvalue weighted by Gasteiger charge is -2.12. The summed E-state index contributed by atoms with van der Waals surface area (Å²) in [5.74, 6) is -0.322. The molecule has 0 unspecified atom stereocenters. The van der Waals surface area contributed by atoms with Crippen LogP contribution in [0.4, 0.5) is 10.5 Å². The van der Waals surface area contributed by atoms with Gasteiger partial charge in [-0.05, 0) is 59.8 Å². The summed E-state index contributed by atoms with van der Waals surface area (Å²) in [7, 11) is 1.54. The molecule has 7 nitrogen and oxygen atoms in total. The Morgan fingerprint density at radius 3 is 2.63 bits per heavy atom. The number of phenolic OH excluding ortho intramolecular Hbond substituents is 1. The molecule has 3 rings (SSSR count). The van der Waals surface area contributed by atoms with Crippen LogP contribution in [-0.2, 0) is 9.59 Å². The second kappa shape index (κ2) is 7.96. The number of phenols is 1. The lowest BCUT2D eigenvalue weighted by atomic mass is 10.2. The first-order chi connectivity index (χ1) is 13.0. The third kappa shape index (κ3) is 4.48. The maximum atomic E-state index is 12.4. The molecule has 1 saturated heterocycles. The van der Waals surface area contributed by atoms with Gasteiger partial charge in [-0.3, -0.25) is 19.3 Å². The molecule has 2 N–H and O–H groups in total. The van der Waals surface area contributed by atoms with Crippen LogP contribution in [0.3, 0.4) is 0 Å². The number of ether oxygens (including phenoxy) is 1. The van der Waals surface area contributed by atoms with Crippen molar-refractivity contribution in [2.24, 2.45) is 0 Å².